The molecule has 1 rings (SSSR count). The summed E-state index contributed by atoms with van der Waals surface area (Å²) in [7, 11) is 3.16. The Labute approximate surface area is 114 Å². The maximum Gasteiger partial charge on any atom is 0.245 e. The van der Waals surface area contributed by atoms with Gasteiger partial charge in [0, 0.05) is 14.2 Å². The SMILES string of the molecule is COCC(CN1C(=O)C(C)NC(=O)C1C(C)C)OC. The quantitative estimate of drug-likeness (QED) is 0.740. The maximum atomic E-state index is 12.3. The lowest BCUT2D eigenvalue weighted by molar-refractivity contribution is -0.153. The second-order valence-electron chi connectivity index (χ2n) is 5.22. The van der Waals surface area contributed by atoms with Crippen LogP contribution >= 0.6 is 0 Å². The van der Waals surface area contributed by atoms with Gasteiger partial charge in [-0.1, -0.05) is 13.8 Å². The van der Waals surface area contributed by atoms with E-state index in [4.69, 9.17) is 9.47 Å². The molecular weight excluding hydrogens is 248 g/mol. The monoisotopic (exact) mass is 272 g/mol. The Morgan fingerprint density at radius 1 is 1.32 bits per heavy atom. The molecule has 1 aliphatic rings. The van der Waals surface area contributed by atoms with Gasteiger partial charge in [-0.05, 0) is 12.8 Å². The lowest BCUT2D eigenvalue weighted by Crippen LogP contribution is -2.65. The first-order valence-corrected chi connectivity index (χ1v) is 6.55. The summed E-state index contributed by atoms with van der Waals surface area (Å²) < 4.78 is 10.3. The standard InChI is InChI=1S/C13H24N2O4/c1-8(2)11-12(16)14-9(3)13(17)15(11)6-10(19-5)7-18-4/h8-11H,6-7H2,1-5H3,(H,14,16). The third kappa shape index (κ3) is 3.67. The fourth-order valence-electron chi connectivity index (χ4n) is 2.35. The lowest BCUT2D eigenvalue weighted by Gasteiger charge is -2.41. The molecule has 0 spiro atoms. The average molecular weight is 272 g/mol. The Kier molecular flexibility index (Phi) is 5.75. The van der Waals surface area contributed by atoms with Crippen LogP contribution in [-0.4, -0.2) is 62.3 Å². The van der Waals surface area contributed by atoms with E-state index < -0.39 is 12.1 Å². The van der Waals surface area contributed by atoms with Crippen LogP contribution in [0.15, 0.2) is 0 Å². The highest BCUT2D eigenvalue weighted by atomic mass is 16.5. The van der Waals surface area contributed by atoms with Gasteiger partial charge in [0.25, 0.3) is 0 Å². The molecule has 110 valence electrons. The van der Waals surface area contributed by atoms with E-state index in [9.17, 15) is 9.59 Å². The van der Waals surface area contributed by atoms with Gasteiger partial charge in [-0.3, -0.25) is 9.59 Å². The summed E-state index contributed by atoms with van der Waals surface area (Å²) in [4.78, 5) is 25.9. The van der Waals surface area contributed by atoms with Gasteiger partial charge in [0.15, 0.2) is 0 Å². The second-order valence-corrected chi connectivity index (χ2v) is 5.22. The van der Waals surface area contributed by atoms with Crippen molar-refractivity contribution >= 4 is 11.8 Å². The minimum absolute atomic E-state index is 0.0523. The Hall–Kier alpha value is -1.14. The number of carbonyl (C=O) groups excluding carboxylic acids is 2. The van der Waals surface area contributed by atoms with E-state index in [0.717, 1.165) is 0 Å². The van der Waals surface area contributed by atoms with E-state index in [2.05, 4.69) is 5.32 Å². The molecule has 19 heavy (non-hydrogen) atoms. The number of piperazine rings is 1. The number of ether oxygens (including phenoxy) is 2. The normalized spacial score (nSPS) is 25.7. The van der Waals surface area contributed by atoms with Gasteiger partial charge in [-0.15, -0.1) is 0 Å². The Morgan fingerprint density at radius 2 is 1.95 bits per heavy atom. The van der Waals surface area contributed by atoms with Gasteiger partial charge in [-0.2, -0.15) is 0 Å². The van der Waals surface area contributed by atoms with Crippen LogP contribution in [0.3, 0.4) is 0 Å². The second kappa shape index (κ2) is 6.86. The van der Waals surface area contributed by atoms with Crippen LogP contribution in [0, 0.1) is 5.92 Å². The molecule has 0 aliphatic carbocycles. The first-order valence-electron chi connectivity index (χ1n) is 6.55. The molecule has 1 heterocycles. The van der Waals surface area contributed by atoms with Gasteiger partial charge < -0.3 is 19.7 Å². The van der Waals surface area contributed by atoms with Crippen molar-refractivity contribution in [1.82, 2.24) is 10.2 Å². The highest BCUT2D eigenvalue weighted by molar-refractivity contribution is 5.96. The molecule has 1 N–H and O–H groups in total. The molecule has 0 bridgehead atoms. The minimum Gasteiger partial charge on any atom is -0.382 e. The molecule has 6 nitrogen and oxygen atoms in total. The predicted molar refractivity (Wildman–Crippen MR) is 70.6 cm³/mol. The van der Waals surface area contributed by atoms with Crippen molar-refractivity contribution in [2.75, 3.05) is 27.4 Å². The number of methoxy groups -OCH3 is 2. The van der Waals surface area contributed by atoms with Crippen molar-refractivity contribution in [3.63, 3.8) is 0 Å². The zero-order chi connectivity index (χ0) is 14.6. The van der Waals surface area contributed by atoms with E-state index in [1.165, 1.54) is 0 Å². The minimum atomic E-state index is -0.484. The molecule has 0 saturated carbocycles. The van der Waals surface area contributed by atoms with Crippen LogP contribution in [-0.2, 0) is 19.1 Å². The highest BCUT2D eigenvalue weighted by Crippen LogP contribution is 2.18. The van der Waals surface area contributed by atoms with Crippen molar-refractivity contribution in [2.45, 2.75) is 39.0 Å². The van der Waals surface area contributed by atoms with Crippen molar-refractivity contribution in [3.8, 4) is 0 Å². The Balaban J connectivity index is 2.88. The highest BCUT2D eigenvalue weighted by Gasteiger charge is 2.40. The van der Waals surface area contributed by atoms with Crippen molar-refractivity contribution in [1.29, 1.82) is 0 Å². The number of amides is 2. The van der Waals surface area contributed by atoms with Crippen LogP contribution in [0.4, 0.5) is 0 Å². The number of nitrogens with one attached hydrogen (secondary N) is 1. The summed E-state index contributed by atoms with van der Waals surface area (Å²) >= 11 is 0. The van der Waals surface area contributed by atoms with Crippen LogP contribution in [0.1, 0.15) is 20.8 Å². The third-order valence-electron chi connectivity index (χ3n) is 3.33. The van der Waals surface area contributed by atoms with Gasteiger partial charge in [0.05, 0.1) is 19.3 Å². The van der Waals surface area contributed by atoms with Gasteiger partial charge in [0.1, 0.15) is 12.1 Å². The molecule has 1 fully saturated rings. The van der Waals surface area contributed by atoms with Gasteiger partial charge in [0.2, 0.25) is 11.8 Å². The first-order chi connectivity index (χ1) is 8.92. The van der Waals surface area contributed by atoms with Crippen LogP contribution in [0.25, 0.3) is 0 Å². The lowest BCUT2D eigenvalue weighted by atomic mass is 9.97. The fourth-order valence-corrected chi connectivity index (χ4v) is 2.35. The molecule has 0 aromatic heterocycles. The predicted octanol–water partition coefficient (Wildman–Crippen LogP) is 0.0193. The van der Waals surface area contributed by atoms with E-state index in [0.29, 0.717) is 13.2 Å². The summed E-state index contributed by atoms with van der Waals surface area (Å²) in [5.41, 5.74) is 0. The molecule has 2 amide bonds. The summed E-state index contributed by atoms with van der Waals surface area (Å²) in [5, 5.41) is 2.71. The van der Waals surface area contributed by atoms with E-state index >= 15 is 0 Å². The van der Waals surface area contributed by atoms with Crippen molar-refractivity contribution in [2.24, 2.45) is 5.92 Å². The summed E-state index contributed by atoms with van der Waals surface area (Å²) in [6.45, 7) is 6.31. The number of rotatable bonds is 6. The molecule has 0 radical (unpaired) electrons. The van der Waals surface area contributed by atoms with E-state index in [1.54, 1.807) is 26.0 Å². The van der Waals surface area contributed by atoms with Crippen LogP contribution < -0.4 is 5.32 Å². The zero-order valence-electron chi connectivity index (χ0n) is 12.3. The van der Waals surface area contributed by atoms with E-state index in [1.807, 2.05) is 13.8 Å². The number of nitrogens with zero attached hydrogens (tertiary/aromatic N) is 1. The molecule has 3 unspecified atom stereocenters. The molecule has 6 heteroatoms. The molecule has 0 aromatic rings. The first kappa shape index (κ1) is 15.9. The Bertz CT molecular complexity index is 333. The van der Waals surface area contributed by atoms with Crippen LogP contribution in [0.5, 0.6) is 0 Å². The largest absolute Gasteiger partial charge is 0.382 e. The zero-order valence-corrected chi connectivity index (χ0v) is 12.3. The molecule has 1 aliphatic heterocycles. The average Bonchev–Trinajstić information content (AvgIpc) is 2.34. The summed E-state index contributed by atoms with van der Waals surface area (Å²) in [6.07, 6.45) is -0.228. The topological polar surface area (TPSA) is 67.9 Å². The maximum absolute atomic E-state index is 12.3. The molecule has 1 saturated heterocycles. The Morgan fingerprint density at radius 3 is 2.42 bits per heavy atom. The summed E-state index contributed by atoms with van der Waals surface area (Å²) in [5.74, 6) is -0.123. The summed E-state index contributed by atoms with van der Waals surface area (Å²) in [6, 6.07) is -0.930. The smallest absolute Gasteiger partial charge is 0.245 e. The van der Waals surface area contributed by atoms with Crippen LogP contribution in [0.2, 0.25) is 0 Å². The van der Waals surface area contributed by atoms with E-state index in [-0.39, 0.29) is 23.8 Å². The number of hydrogen-bond acceptors (Lipinski definition) is 4. The molecular formula is C13H24N2O4. The van der Waals surface area contributed by atoms with Gasteiger partial charge in [-0.25, -0.2) is 0 Å². The van der Waals surface area contributed by atoms with Crippen molar-refractivity contribution in [3.05, 3.63) is 0 Å². The number of hydrogen-bond donors (Lipinski definition) is 1. The van der Waals surface area contributed by atoms with Gasteiger partial charge >= 0.3 is 0 Å². The molecule has 3 atom stereocenters. The fraction of sp³-hybridized carbons (Fsp3) is 0.846. The third-order valence-corrected chi connectivity index (χ3v) is 3.33. The van der Waals surface area contributed by atoms with Crippen molar-refractivity contribution < 1.29 is 19.1 Å². The number of carbonyl (C=O) groups is 2. The molecule has 0 aromatic carbocycles.